The minimum Gasteiger partial charge on any atom is -0.330 e. The van der Waals surface area contributed by atoms with Crippen LogP contribution in [0.5, 0.6) is 0 Å². The number of allylic oxidation sites excluding steroid dienone is 3. The second-order valence-electron chi connectivity index (χ2n) is 4.50. The number of hydrogen-bond acceptors (Lipinski definition) is 1. The summed E-state index contributed by atoms with van der Waals surface area (Å²) < 4.78 is 0. The van der Waals surface area contributed by atoms with Crippen molar-refractivity contribution in [3.8, 4) is 12.3 Å². The molecule has 2 rings (SSSR count). The first kappa shape index (κ1) is 14.0. The van der Waals surface area contributed by atoms with Crippen molar-refractivity contribution < 1.29 is 0 Å². The van der Waals surface area contributed by atoms with Gasteiger partial charge >= 0.3 is 0 Å². The molecule has 0 aliphatic heterocycles. The Bertz CT molecular complexity index is 681. The smallest absolute Gasteiger partial charge is 0.0840 e. The van der Waals surface area contributed by atoms with Crippen molar-refractivity contribution in [2.75, 3.05) is 11.4 Å². The van der Waals surface area contributed by atoms with E-state index in [0.29, 0.717) is 6.54 Å². The number of hydrogen-bond donors (Lipinski definition) is 0. The van der Waals surface area contributed by atoms with E-state index in [1.54, 1.807) is 0 Å². The minimum absolute atomic E-state index is 0.554. The van der Waals surface area contributed by atoms with E-state index in [9.17, 15) is 0 Å². The molecule has 0 saturated carbocycles. The van der Waals surface area contributed by atoms with Crippen LogP contribution in [0.15, 0.2) is 66.4 Å². The third-order valence-electron chi connectivity index (χ3n) is 3.25. The summed E-state index contributed by atoms with van der Waals surface area (Å²) in [5, 5.41) is 2.44. The molecule has 0 atom stereocenters. The van der Waals surface area contributed by atoms with Gasteiger partial charge in [0.05, 0.1) is 6.54 Å². The van der Waals surface area contributed by atoms with Crippen molar-refractivity contribution in [3.05, 3.63) is 66.4 Å². The van der Waals surface area contributed by atoms with Crippen LogP contribution in [0.3, 0.4) is 0 Å². The predicted molar refractivity (Wildman–Crippen MR) is 88.7 cm³/mol. The van der Waals surface area contributed by atoms with Crippen molar-refractivity contribution in [2.45, 2.75) is 13.8 Å². The van der Waals surface area contributed by atoms with E-state index < -0.39 is 0 Å². The van der Waals surface area contributed by atoms with Crippen LogP contribution in [0, 0.1) is 12.3 Å². The number of anilines is 1. The summed E-state index contributed by atoms with van der Waals surface area (Å²) in [5.74, 6) is 2.76. The lowest BCUT2D eigenvalue weighted by molar-refractivity contribution is 1.06. The molecule has 0 heterocycles. The summed E-state index contributed by atoms with van der Waals surface area (Å²) in [6, 6.07) is 14.7. The van der Waals surface area contributed by atoms with Crippen LogP contribution in [0.4, 0.5) is 5.69 Å². The normalized spacial score (nSPS) is 11.8. The van der Waals surface area contributed by atoms with E-state index in [-0.39, 0.29) is 0 Å². The monoisotopic (exact) mass is 261 g/mol. The largest absolute Gasteiger partial charge is 0.330 e. The Morgan fingerprint density at radius 3 is 2.60 bits per heavy atom. The molecule has 0 aromatic heterocycles. The molecule has 0 amide bonds. The molecule has 20 heavy (non-hydrogen) atoms. The van der Waals surface area contributed by atoms with E-state index >= 15 is 0 Å². The molecule has 0 aliphatic carbocycles. The van der Waals surface area contributed by atoms with Crippen molar-refractivity contribution in [1.29, 1.82) is 0 Å². The van der Waals surface area contributed by atoms with E-state index in [1.807, 2.05) is 19.9 Å². The van der Waals surface area contributed by atoms with Crippen LogP contribution in [-0.4, -0.2) is 6.54 Å². The lowest BCUT2D eigenvalue weighted by Crippen LogP contribution is -2.22. The third-order valence-corrected chi connectivity index (χ3v) is 3.25. The lowest BCUT2D eigenvalue weighted by atomic mass is 10.1. The molecular weight excluding hydrogens is 242 g/mol. The van der Waals surface area contributed by atoms with Gasteiger partial charge in [0, 0.05) is 16.8 Å². The molecule has 100 valence electrons. The highest BCUT2D eigenvalue weighted by atomic mass is 15.1. The molecular formula is C19H19N. The molecule has 0 bridgehead atoms. The minimum atomic E-state index is 0.554. The van der Waals surface area contributed by atoms with Gasteiger partial charge in [0.25, 0.3) is 0 Å². The Morgan fingerprint density at radius 1 is 1.15 bits per heavy atom. The van der Waals surface area contributed by atoms with Crippen LogP contribution in [0.2, 0.25) is 0 Å². The fourth-order valence-electron chi connectivity index (χ4n) is 2.36. The summed E-state index contributed by atoms with van der Waals surface area (Å²) in [6.07, 6.45) is 11.8. The fraction of sp³-hybridized carbons (Fsp3) is 0.158. The van der Waals surface area contributed by atoms with Gasteiger partial charge in [-0.2, -0.15) is 0 Å². The van der Waals surface area contributed by atoms with Gasteiger partial charge in [-0.15, -0.1) is 6.42 Å². The Morgan fingerprint density at radius 2 is 1.90 bits per heavy atom. The van der Waals surface area contributed by atoms with Crippen LogP contribution in [0.25, 0.3) is 10.8 Å². The molecule has 1 heteroatoms. The van der Waals surface area contributed by atoms with Crippen molar-refractivity contribution in [2.24, 2.45) is 0 Å². The predicted octanol–water partition coefficient (Wildman–Crippen LogP) is 4.76. The summed E-state index contributed by atoms with van der Waals surface area (Å²) in [7, 11) is 0. The average Bonchev–Trinajstić information content (AvgIpc) is 2.50. The van der Waals surface area contributed by atoms with E-state index in [0.717, 1.165) is 11.4 Å². The summed E-state index contributed by atoms with van der Waals surface area (Å²) in [5.41, 5.74) is 2.26. The zero-order chi connectivity index (χ0) is 14.4. The SMILES string of the molecule is C#CCN(C(/C=C\C)=C/C)c1cccc2ccccc12. The Balaban J connectivity index is 2.61. The van der Waals surface area contributed by atoms with Crippen molar-refractivity contribution in [3.63, 3.8) is 0 Å². The van der Waals surface area contributed by atoms with Crippen LogP contribution >= 0.6 is 0 Å². The summed E-state index contributed by atoms with van der Waals surface area (Å²) >= 11 is 0. The van der Waals surface area contributed by atoms with Gasteiger partial charge in [-0.05, 0) is 31.4 Å². The van der Waals surface area contributed by atoms with Gasteiger partial charge in [-0.25, -0.2) is 0 Å². The molecule has 0 unspecified atom stereocenters. The molecule has 0 aliphatic rings. The number of fused-ring (bicyclic) bond motifs is 1. The van der Waals surface area contributed by atoms with E-state index in [4.69, 9.17) is 6.42 Å². The second kappa shape index (κ2) is 6.63. The standard InChI is InChI=1S/C19H19N/c1-4-10-17(6-3)20(15-5-2)19-14-9-12-16-11-7-8-13-18(16)19/h2,4,6-14H,15H2,1,3H3/b10-4-,17-6+. The van der Waals surface area contributed by atoms with Gasteiger partial charge in [0.1, 0.15) is 0 Å². The zero-order valence-electron chi connectivity index (χ0n) is 12.0. The lowest BCUT2D eigenvalue weighted by Gasteiger charge is -2.25. The number of nitrogens with zero attached hydrogens (tertiary/aromatic N) is 1. The van der Waals surface area contributed by atoms with Gasteiger partial charge < -0.3 is 4.90 Å². The van der Waals surface area contributed by atoms with Crippen LogP contribution in [0.1, 0.15) is 13.8 Å². The van der Waals surface area contributed by atoms with E-state index in [1.165, 1.54) is 10.8 Å². The van der Waals surface area contributed by atoms with Crippen LogP contribution < -0.4 is 4.90 Å². The molecule has 0 N–H and O–H groups in total. The zero-order valence-corrected chi connectivity index (χ0v) is 12.0. The maximum atomic E-state index is 5.56. The number of benzene rings is 2. The molecule has 2 aromatic carbocycles. The molecule has 0 fully saturated rings. The van der Waals surface area contributed by atoms with Gasteiger partial charge in [0.15, 0.2) is 0 Å². The first-order chi connectivity index (χ1) is 9.81. The third kappa shape index (κ3) is 2.75. The second-order valence-corrected chi connectivity index (χ2v) is 4.50. The first-order valence-electron chi connectivity index (χ1n) is 6.79. The highest BCUT2D eigenvalue weighted by molar-refractivity contribution is 5.95. The Hall–Kier alpha value is -2.46. The van der Waals surface area contributed by atoms with Crippen LogP contribution in [-0.2, 0) is 0 Å². The van der Waals surface area contributed by atoms with Gasteiger partial charge in [0.2, 0.25) is 0 Å². The maximum absolute atomic E-state index is 5.56. The topological polar surface area (TPSA) is 3.24 Å². The van der Waals surface area contributed by atoms with Gasteiger partial charge in [-0.1, -0.05) is 54.5 Å². The fourth-order valence-corrected chi connectivity index (χ4v) is 2.36. The van der Waals surface area contributed by atoms with Crippen molar-refractivity contribution >= 4 is 16.5 Å². The quantitative estimate of drug-likeness (QED) is 0.566. The molecule has 2 aromatic rings. The number of rotatable bonds is 4. The molecule has 0 radical (unpaired) electrons. The molecule has 1 nitrogen and oxygen atoms in total. The summed E-state index contributed by atoms with van der Waals surface area (Å²) in [4.78, 5) is 2.17. The number of terminal acetylenes is 1. The maximum Gasteiger partial charge on any atom is 0.0840 e. The first-order valence-corrected chi connectivity index (χ1v) is 6.79. The molecule has 0 spiro atoms. The Kier molecular flexibility index (Phi) is 4.63. The highest BCUT2D eigenvalue weighted by Crippen LogP contribution is 2.29. The van der Waals surface area contributed by atoms with E-state index in [2.05, 4.69) is 65.4 Å². The summed E-state index contributed by atoms with van der Waals surface area (Å²) in [6.45, 7) is 4.60. The highest BCUT2D eigenvalue weighted by Gasteiger charge is 2.11. The van der Waals surface area contributed by atoms with Crippen molar-refractivity contribution in [1.82, 2.24) is 0 Å². The Labute approximate surface area is 121 Å². The average molecular weight is 261 g/mol. The molecule has 0 saturated heterocycles. The van der Waals surface area contributed by atoms with Gasteiger partial charge in [-0.3, -0.25) is 0 Å².